The Hall–Kier alpha value is -2.51. The zero-order valence-corrected chi connectivity index (χ0v) is 28.0. The van der Waals surface area contributed by atoms with Gasteiger partial charge in [-0.25, -0.2) is 0 Å². The van der Waals surface area contributed by atoms with Gasteiger partial charge < -0.3 is 15.3 Å². The van der Waals surface area contributed by atoms with Crippen LogP contribution in [0.2, 0.25) is 0 Å². The summed E-state index contributed by atoms with van der Waals surface area (Å²) in [5.41, 5.74) is 12.0. The molecular weight excluding hydrogens is 505 g/mol. The Morgan fingerprint density at radius 3 is 0.675 bits per heavy atom. The molecule has 3 aromatic carbocycles. The Morgan fingerprint density at radius 2 is 0.525 bits per heavy atom. The maximum Gasteiger partial charge on any atom is 0.200 e. The van der Waals surface area contributed by atoms with Crippen LogP contribution in [0.3, 0.4) is 0 Å². The van der Waals surface area contributed by atoms with Crippen LogP contribution in [0.5, 0.6) is 0 Å². The maximum atomic E-state index is 4.08. The minimum absolute atomic E-state index is 0.418. The highest BCUT2D eigenvalue weighted by Gasteiger charge is 2.24. The molecule has 0 atom stereocenters. The third-order valence-electron chi connectivity index (χ3n) is 7.79. The van der Waals surface area contributed by atoms with E-state index in [2.05, 4.69) is 153 Å². The SMILES string of the molecule is CC(C)c1cccc(C(C)C)c1NP(Nc1c(C(C)C)cccc1C(C)C)Nc1c(C(C)C)cccc1C(C)C. The molecule has 0 heterocycles. The first-order valence-electron chi connectivity index (χ1n) is 15.3. The van der Waals surface area contributed by atoms with E-state index >= 15 is 0 Å². The molecule has 0 bridgehead atoms. The number of hydrogen-bond donors (Lipinski definition) is 3. The fourth-order valence-electron chi connectivity index (χ4n) is 5.46. The average molecular weight is 560 g/mol. The quantitative estimate of drug-likeness (QED) is 0.193. The van der Waals surface area contributed by atoms with Gasteiger partial charge in [0, 0.05) is 17.1 Å². The summed E-state index contributed by atoms with van der Waals surface area (Å²) in [6.07, 6.45) is 0. The van der Waals surface area contributed by atoms with E-state index in [1.807, 2.05) is 0 Å². The Balaban J connectivity index is 2.25. The Labute approximate surface area is 246 Å². The summed E-state index contributed by atoms with van der Waals surface area (Å²) in [5, 5.41) is 12.2. The molecule has 0 aliphatic heterocycles. The molecule has 4 heteroatoms. The number of hydrogen-bond acceptors (Lipinski definition) is 3. The lowest BCUT2D eigenvalue weighted by atomic mass is 9.93. The van der Waals surface area contributed by atoms with Crippen molar-refractivity contribution in [2.75, 3.05) is 15.3 Å². The molecule has 0 saturated heterocycles. The molecule has 3 N–H and O–H groups in total. The van der Waals surface area contributed by atoms with Crippen molar-refractivity contribution in [2.45, 2.75) is 119 Å². The molecular formula is C36H54N3P. The Kier molecular flexibility index (Phi) is 11.1. The van der Waals surface area contributed by atoms with Crippen LogP contribution >= 0.6 is 8.37 Å². The van der Waals surface area contributed by atoms with E-state index in [0.29, 0.717) is 35.5 Å². The fourth-order valence-corrected chi connectivity index (χ4v) is 7.07. The smallest absolute Gasteiger partial charge is 0.200 e. The largest absolute Gasteiger partial charge is 0.330 e. The van der Waals surface area contributed by atoms with Crippen molar-refractivity contribution in [3.63, 3.8) is 0 Å². The van der Waals surface area contributed by atoms with Crippen LogP contribution in [-0.4, -0.2) is 0 Å². The maximum absolute atomic E-state index is 4.08. The minimum Gasteiger partial charge on any atom is -0.330 e. The molecule has 3 aromatic rings. The van der Waals surface area contributed by atoms with Crippen molar-refractivity contribution in [1.29, 1.82) is 0 Å². The highest BCUT2D eigenvalue weighted by atomic mass is 31.1. The summed E-state index contributed by atoms with van der Waals surface area (Å²) in [7, 11) is -1.09. The highest BCUT2D eigenvalue weighted by Crippen LogP contribution is 2.48. The third kappa shape index (κ3) is 7.41. The van der Waals surface area contributed by atoms with E-state index in [4.69, 9.17) is 0 Å². The normalized spacial score (nSPS) is 12.1. The summed E-state index contributed by atoms with van der Waals surface area (Å²) in [6.45, 7) is 27.5. The molecule has 0 amide bonds. The lowest BCUT2D eigenvalue weighted by Gasteiger charge is -2.32. The van der Waals surface area contributed by atoms with Crippen molar-refractivity contribution < 1.29 is 0 Å². The summed E-state index contributed by atoms with van der Waals surface area (Å²) in [6, 6.07) is 20.4. The number of nitrogens with one attached hydrogen (secondary N) is 3. The second-order valence-electron chi connectivity index (χ2n) is 13.0. The topological polar surface area (TPSA) is 36.1 Å². The fraction of sp³-hybridized carbons (Fsp3) is 0.500. The van der Waals surface area contributed by atoms with Gasteiger partial charge in [0.25, 0.3) is 0 Å². The third-order valence-corrected chi connectivity index (χ3v) is 9.13. The predicted octanol–water partition coefficient (Wildman–Crippen LogP) is 12.3. The van der Waals surface area contributed by atoms with Crippen molar-refractivity contribution in [1.82, 2.24) is 0 Å². The van der Waals surface area contributed by atoms with E-state index in [-0.39, 0.29) is 0 Å². The second-order valence-corrected chi connectivity index (χ2v) is 14.4. The highest BCUT2D eigenvalue weighted by molar-refractivity contribution is 7.62. The second kappa shape index (κ2) is 13.9. The van der Waals surface area contributed by atoms with Crippen LogP contribution in [-0.2, 0) is 0 Å². The molecule has 0 aromatic heterocycles. The predicted molar refractivity (Wildman–Crippen MR) is 182 cm³/mol. The van der Waals surface area contributed by atoms with Crippen LogP contribution in [0.15, 0.2) is 54.6 Å². The molecule has 218 valence electrons. The Bertz CT molecular complexity index is 1020. The molecule has 0 radical (unpaired) electrons. The molecule has 0 aliphatic rings. The van der Waals surface area contributed by atoms with E-state index in [0.717, 1.165) is 0 Å². The molecule has 0 saturated carbocycles. The molecule has 0 aliphatic carbocycles. The zero-order chi connectivity index (χ0) is 29.7. The van der Waals surface area contributed by atoms with Gasteiger partial charge in [0.05, 0.1) is 0 Å². The van der Waals surface area contributed by atoms with Crippen molar-refractivity contribution in [3.8, 4) is 0 Å². The van der Waals surface area contributed by atoms with Gasteiger partial charge in [-0.15, -0.1) is 0 Å². The van der Waals surface area contributed by atoms with Gasteiger partial charge in [-0.2, -0.15) is 0 Å². The lowest BCUT2D eigenvalue weighted by Crippen LogP contribution is -2.16. The van der Waals surface area contributed by atoms with Crippen molar-refractivity contribution >= 4 is 25.4 Å². The first kappa shape index (κ1) is 32.0. The first-order valence-corrected chi connectivity index (χ1v) is 16.7. The molecule has 40 heavy (non-hydrogen) atoms. The number of para-hydroxylation sites is 3. The minimum atomic E-state index is -1.09. The van der Waals surface area contributed by atoms with Gasteiger partial charge >= 0.3 is 0 Å². The van der Waals surface area contributed by atoms with Gasteiger partial charge in [-0.1, -0.05) is 138 Å². The van der Waals surface area contributed by atoms with Crippen LogP contribution in [0.25, 0.3) is 0 Å². The van der Waals surface area contributed by atoms with Crippen LogP contribution < -0.4 is 15.3 Å². The number of benzene rings is 3. The van der Waals surface area contributed by atoms with Gasteiger partial charge in [0.15, 0.2) is 8.37 Å². The van der Waals surface area contributed by atoms with Gasteiger partial charge in [-0.3, -0.25) is 0 Å². The number of rotatable bonds is 12. The number of anilines is 3. The van der Waals surface area contributed by atoms with Gasteiger partial charge in [0.1, 0.15) is 0 Å². The van der Waals surface area contributed by atoms with Crippen LogP contribution in [0, 0.1) is 0 Å². The standard InChI is InChI=1S/C36H54N3P/c1-22(2)28-16-13-17-29(23(3)4)34(28)37-40(38-35-30(24(5)6)18-14-19-31(35)25(7)8)39-36-32(26(9)10)20-15-21-33(36)27(11)12/h13-27,37-39H,1-12H3. The van der Waals surface area contributed by atoms with E-state index in [9.17, 15) is 0 Å². The van der Waals surface area contributed by atoms with Crippen molar-refractivity contribution in [3.05, 3.63) is 88.0 Å². The Morgan fingerprint density at radius 1 is 0.350 bits per heavy atom. The van der Waals surface area contributed by atoms with Crippen molar-refractivity contribution in [2.24, 2.45) is 0 Å². The molecule has 0 spiro atoms. The summed E-state index contributed by atoms with van der Waals surface area (Å²) >= 11 is 0. The van der Waals surface area contributed by atoms with Gasteiger partial charge in [-0.05, 0) is 68.9 Å². The van der Waals surface area contributed by atoms with E-state index in [1.165, 1.54) is 50.4 Å². The lowest BCUT2D eigenvalue weighted by molar-refractivity contribution is 0.838. The molecule has 0 fully saturated rings. The molecule has 3 nitrogen and oxygen atoms in total. The average Bonchev–Trinajstić information content (AvgIpc) is 2.88. The van der Waals surface area contributed by atoms with Crippen LogP contribution in [0.1, 0.15) is 152 Å². The summed E-state index contributed by atoms with van der Waals surface area (Å²) in [4.78, 5) is 0. The molecule has 3 rings (SSSR count). The van der Waals surface area contributed by atoms with Gasteiger partial charge in [0.2, 0.25) is 0 Å². The summed E-state index contributed by atoms with van der Waals surface area (Å²) < 4.78 is 0. The summed E-state index contributed by atoms with van der Waals surface area (Å²) in [5.74, 6) is 2.51. The monoisotopic (exact) mass is 559 g/mol. The van der Waals surface area contributed by atoms with Crippen LogP contribution in [0.4, 0.5) is 17.1 Å². The first-order chi connectivity index (χ1) is 18.8. The zero-order valence-electron chi connectivity index (χ0n) is 27.1. The van der Waals surface area contributed by atoms with E-state index < -0.39 is 8.37 Å². The van der Waals surface area contributed by atoms with E-state index in [1.54, 1.807) is 0 Å². The molecule has 0 unspecified atom stereocenters.